The Morgan fingerprint density at radius 1 is 1.06 bits per heavy atom. The van der Waals surface area contributed by atoms with Gasteiger partial charge in [0.05, 0.1) is 0 Å². The third kappa shape index (κ3) is 3.56. The summed E-state index contributed by atoms with van der Waals surface area (Å²) in [5, 5.41) is 2.63. The molecule has 3 nitrogen and oxygen atoms in total. The molecule has 0 radical (unpaired) electrons. The minimum absolute atomic E-state index is 0.116. The lowest BCUT2D eigenvalue weighted by Gasteiger charge is -2.00. The van der Waals surface area contributed by atoms with E-state index in [2.05, 4.69) is 10.3 Å². The first-order valence-corrected chi connectivity index (χ1v) is 5.71. The number of nitrogens with one attached hydrogen (secondary N) is 1. The van der Waals surface area contributed by atoms with E-state index in [-0.39, 0.29) is 5.91 Å². The van der Waals surface area contributed by atoms with Gasteiger partial charge >= 0.3 is 0 Å². The minimum Gasteiger partial charge on any atom is -0.311 e. The number of hydrogen-bond acceptors (Lipinski definition) is 2. The Hall–Kier alpha value is -2.42. The number of anilines is 1. The molecule has 0 bridgehead atoms. The monoisotopic (exact) mass is 238 g/mol. The molecule has 0 fully saturated rings. The molecule has 1 aromatic heterocycles. The molecule has 1 heterocycles. The van der Waals surface area contributed by atoms with Crippen LogP contribution in [0.25, 0.3) is 12.2 Å². The van der Waals surface area contributed by atoms with Gasteiger partial charge in [0, 0.05) is 13.1 Å². The van der Waals surface area contributed by atoms with Crippen LogP contribution in [0, 0.1) is 0 Å². The zero-order valence-corrected chi connectivity index (χ0v) is 10.1. The Kier molecular flexibility index (Phi) is 3.86. The Morgan fingerprint density at radius 2 is 1.78 bits per heavy atom. The van der Waals surface area contributed by atoms with Crippen molar-refractivity contribution in [2.75, 3.05) is 5.32 Å². The van der Waals surface area contributed by atoms with Crippen LogP contribution in [0.15, 0.2) is 48.7 Å². The average molecular weight is 238 g/mol. The standard InChI is InChI=1S/C15H14N2O/c1-12(18)17-15-10-9-14(11-16-15)8-7-13-5-3-2-4-6-13/h2-11H,1H3,(H,16,17,18)/b8-7+. The quantitative estimate of drug-likeness (QED) is 0.892. The highest BCUT2D eigenvalue weighted by molar-refractivity contribution is 5.87. The SMILES string of the molecule is CC(=O)Nc1ccc(/C=C/c2ccccc2)cn1. The van der Waals surface area contributed by atoms with Gasteiger partial charge in [0.15, 0.2) is 0 Å². The van der Waals surface area contributed by atoms with Crippen molar-refractivity contribution < 1.29 is 4.79 Å². The number of hydrogen-bond donors (Lipinski definition) is 1. The largest absolute Gasteiger partial charge is 0.311 e. The number of benzene rings is 1. The molecule has 2 aromatic rings. The fourth-order valence-electron chi connectivity index (χ4n) is 1.51. The van der Waals surface area contributed by atoms with Crippen LogP contribution in [0.2, 0.25) is 0 Å². The van der Waals surface area contributed by atoms with Gasteiger partial charge in [-0.1, -0.05) is 42.5 Å². The van der Waals surface area contributed by atoms with Crippen LogP contribution >= 0.6 is 0 Å². The molecule has 0 atom stereocenters. The summed E-state index contributed by atoms with van der Waals surface area (Å²) in [6, 6.07) is 13.8. The van der Waals surface area contributed by atoms with E-state index in [1.54, 1.807) is 12.3 Å². The summed E-state index contributed by atoms with van der Waals surface area (Å²) in [7, 11) is 0. The summed E-state index contributed by atoms with van der Waals surface area (Å²) >= 11 is 0. The van der Waals surface area contributed by atoms with Crippen molar-refractivity contribution in [1.82, 2.24) is 4.98 Å². The molecule has 18 heavy (non-hydrogen) atoms. The molecule has 2 rings (SSSR count). The molecular formula is C15H14N2O. The molecule has 0 unspecified atom stereocenters. The number of carbonyl (C=O) groups excluding carboxylic acids is 1. The van der Waals surface area contributed by atoms with Crippen LogP contribution in [-0.4, -0.2) is 10.9 Å². The molecule has 0 saturated heterocycles. The molecule has 1 amide bonds. The van der Waals surface area contributed by atoms with E-state index in [0.29, 0.717) is 5.82 Å². The third-order valence-corrected chi connectivity index (χ3v) is 2.36. The molecular weight excluding hydrogens is 224 g/mol. The summed E-state index contributed by atoms with van der Waals surface area (Å²) in [4.78, 5) is 15.0. The van der Waals surface area contributed by atoms with Crippen molar-refractivity contribution in [1.29, 1.82) is 0 Å². The fraction of sp³-hybridized carbons (Fsp3) is 0.0667. The number of pyridine rings is 1. The van der Waals surface area contributed by atoms with Gasteiger partial charge in [-0.2, -0.15) is 0 Å². The van der Waals surface area contributed by atoms with Crippen molar-refractivity contribution in [3.63, 3.8) is 0 Å². The van der Waals surface area contributed by atoms with Gasteiger partial charge in [-0.3, -0.25) is 4.79 Å². The molecule has 0 spiro atoms. The summed E-state index contributed by atoms with van der Waals surface area (Å²) in [6.45, 7) is 1.46. The lowest BCUT2D eigenvalue weighted by atomic mass is 10.2. The van der Waals surface area contributed by atoms with Crippen molar-refractivity contribution in [2.45, 2.75) is 6.92 Å². The van der Waals surface area contributed by atoms with Crippen molar-refractivity contribution in [2.24, 2.45) is 0 Å². The van der Waals surface area contributed by atoms with Crippen LogP contribution in [0.4, 0.5) is 5.82 Å². The maximum atomic E-state index is 10.8. The lowest BCUT2D eigenvalue weighted by Crippen LogP contribution is -2.06. The van der Waals surface area contributed by atoms with Crippen molar-refractivity contribution in [3.8, 4) is 0 Å². The van der Waals surface area contributed by atoms with Crippen LogP contribution in [0.5, 0.6) is 0 Å². The van der Waals surface area contributed by atoms with Gasteiger partial charge in [-0.25, -0.2) is 4.98 Å². The van der Waals surface area contributed by atoms with Crippen LogP contribution < -0.4 is 5.32 Å². The molecule has 0 saturated carbocycles. The predicted molar refractivity (Wildman–Crippen MR) is 73.9 cm³/mol. The topological polar surface area (TPSA) is 42.0 Å². The summed E-state index contributed by atoms with van der Waals surface area (Å²) < 4.78 is 0. The maximum absolute atomic E-state index is 10.8. The molecule has 90 valence electrons. The van der Waals surface area contributed by atoms with Crippen molar-refractivity contribution in [3.05, 3.63) is 59.8 Å². The second-order valence-electron chi connectivity index (χ2n) is 3.90. The molecule has 1 N–H and O–H groups in total. The lowest BCUT2D eigenvalue weighted by molar-refractivity contribution is -0.114. The number of carbonyl (C=O) groups is 1. The molecule has 0 aliphatic carbocycles. The first-order chi connectivity index (χ1) is 8.74. The van der Waals surface area contributed by atoms with Gasteiger partial charge in [0.25, 0.3) is 0 Å². The van der Waals surface area contributed by atoms with E-state index in [1.807, 2.05) is 48.6 Å². The van der Waals surface area contributed by atoms with Crippen molar-refractivity contribution >= 4 is 23.9 Å². The Bertz CT molecular complexity index is 544. The Morgan fingerprint density at radius 3 is 2.39 bits per heavy atom. The van der Waals surface area contributed by atoms with E-state index in [9.17, 15) is 4.79 Å². The predicted octanol–water partition coefficient (Wildman–Crippen LogP) is 3.21. The smallest absolute Gasteiger partial charge is 0.222 e. The first-order valence-electron chi connectivity index (χ1n) is 5.71. The van der Waals surface area contributed by atoms with Gasteiger partial charge in [0.2, 0.25) is 5.91 Å². The number of rotatable bonds is 3. The van der Waals surface area contributed by atoms with Gasteiger partial charge in [0.1, 0.15) is 5.82 Å². The van der Waals surface area contributed by atoms with E-state index >= 15 is 0 Å². The third-order valence-electron chi connectivity index (χ3n) is 2.36. The number of aromatic nitrogens is 1. The van der Waals surface area contributed by atoms with E-state index in [0.717, 1.165) is 11.1 Å². The minimum atomic E-state index is -0.116. The average Bonchev–Trinajstić information content (AvgIpc) is 2.38. The highest BCUT2D eigenvalue weighted by Crippen LogP contribution is 2.09. The molecule has 0 aliphatic rings. The van der Waals surface area contributed by atoms with Crippen LogP contribution in [-0.2, 0) is 4.79 Å². The Labute approximate surface area is 106 Å². The first kappa shape index (κ1) is 12.0. The Balaban J connectivity index is 2.06. The highest BCUT2D eigenvalue weighted by atomic mass is 16.1. The highest BCUT2D eigenvalue weighted by Gasteiger charge is 1.95. The number of amides is 1. The second-order valence-corrected chi connectivity index (χ2v) is 3.90. The molecule has 1 aromatic carbocycles. The second kappa shape index (κ2) is 5.77. The zero-order chi connectivity index (χ0) is 12.8. The van der Waals surface area contributed by atoms with Gasteiger partial charge in [-0.05, 0) is 23.3 Å². The zero-order valence-electron chi connectivity index (χ0n) is 10.1. The number of nitrogens with zero attached hydrogens (tertiary/aromatic N) is 1. The normalized spacial score (nSPS) is 10.5. The van der Waals surface area contributed by atoms with Crippen LogP contribution in [0.3, 0.4) is 0 Å². The van der Waals surface area contributed by atoms with Gasteiger partial charge in [-0.15, -0.1) is 0 Å². The molecule has 0 aliphatic heterocycles. The summed E-state index contributed by atoms with van der Waals surface area (Å²) in [5.74, 6) is 0.453. The van der Waals surface area contributed by atoms with Gasteiger partial charge < -0.3 is 5.32 Å². The molecule has 3 heteroatoms. The van der Waals surface area contributed by atoms with E-state index in [4.69, 9.17) is 0 Å². The fourth-order valence-corrected chi connectivity index (χ4v) is 1.51. The van der Waals surface area contributed by atoms with Crippen LogP contribution in [0.1, 0.15) is 18.1 Å². The van der Waals surface area contributed by atoms with E-state index < -0.39 is 0 Å². The maximum Gasteiger partial charge on any atom is 0.222 e. The van der Waals surface area contributed by atoms with E-state index in [1.165, 1.54) is 6.92 Å². The summed E-state index contributed by atoms with van der Waals surface area (Å²) in [5.41, 5.74) is 2.14. The summed E-state index contributed by atoms with van der Waals surface area (Å²) in [6.07, 6.45) is 5.74.